The van der Waals surface area contributed by atoms with Gasteiger partial charge in [0, 0.05) is 21.5 Å². The zero-order chi connectivity index (χ0) is 18.8. The van der Waals surface area contributed by atoms with Crippen molar-refractivity contribution in [1.82, 2.24) is 15.2 Å². The first kappa shape index (κ1) is 16.6. The van der Waals surface area contributed by atoms with Crippen molar-refractivity contribution in [2.75, 3.05) is 0 Å². The van der Waals surface area contributed by atoms with Gasteiger partial charge < -0.3 is 0 Å². The minimum Gasteiger partial charge on any atom is -0.281 e. The van der Waals surface area contributed by atoms with Crippen molar-refractivity contribution in [1.29, 1.82) is 0 Å². The molecule has 7 heteroatoms. The quantitative estimate of drug-likeness (QED) is 0.457. The summed E-state index contributed by atoms with van der Waals surface area (Å²) in [6, 6.07) is 10.9. The van der Waals surface area contributed by atoms with E-state index < -0.39 is 11.7 Å². The smallest absolute Gasteiger partial charge is 0.281 e. The molecule has 5 rings (SSSR count). The van der Waals surface area contributed by atoms with E-state index in [2.05, 4.69) is 10.2 Å². The second-order valence-corrected chi connectivity index (χ2v) is 7.31. The van der Waals surface area contributed by atoms with E-state index >= 15 is 0 Å². The van der Waals surface area contributed by atoms with Crippen molar-refractivity contribution in [3.63, 3.8) is 0 Å². The zero-order valence-electron chi connectivity index (χ0n) is 13.9. The molecule has 27 heavy (non-hydrogen) atoms. The van der Waals surface area contributed by atoms with Crippen LogP contribution in [0, 0.1) is 0 Å². The highest BCUT2D eigenvalue weighted by Gasteiger charge is 2.31. The van der Waals surface area contributed by atoms with Crippen LogP contribution in [0.1, 0.15) is 28.4 Å². The maximum atomic E-state index is 12.8. The van der Waals surface area contributed by atoms with Gasteiger partial charge in [-0.15, -0.1) is 0 Å². The number of alkyl halides is 3. The van der Waals surface area contributed by atoms with Crippen LogP contribution in [0.5, 0.6) is 0 Å². The fourth-order valence-electron chi connectivity index (χ4n) is 3.91. The number of aromatic amines is 1. The minimum atomic E-state index is -4.32. The van der Waals surface area contributed by atoms with E-state index in [1.165, 1.54) is 0 Å². The standard InChI is InChI=1S/C20H13ClF3N3/c21-13-5-6-15-14(9-13)19-18-16(25-15)7-11(8-17(18)26-27-19)10-1-3-12(4-2-10)20(22,23)24/h1-6,9,11H,7-8H2,(H,26,27). The molecule has 0 aliphatic heterocycles. The number of hydrogen-bond donors (Lipinski definition) is 1. The van der Waals surface area contributed by atoms with Gasteiger partial charge in [0.05, 0.1) is 16.8 Å². The first-order valence-electron chi connectivity index (χ1n) is 8.52. The van der Waals surface area contributed by atoms with Gasteiger partial charge in [-0.2, -0.15) is 18.3 Å². The summed E-state index contributed by atoms with van der Waals surface area (Å²) in [5, 5.41) is 10.1. The van der Waals surface area contributed by atoms with Crippen LogP contribution in [-0.2, 0) is 19.0 Å². The van der Waals surface area contributed by atoms with Crippen LogP contribution in [-0.4, -0.2) is 15.2 Å². The Bertz CT molecular complexity index is 1180. The molecule has 2 heterocycles. The molecule has 3 nitrogen and oxygen atoms in total. The molecule has 0 radical (unpaired) electrons. The van der Waals surface area contributed by atoms with Crippen LogP contribution in [0.25, 0.3) is 21.8 Å². The lowest BCUT2D eigenvalue weighted by molar-refractivity contribution is -0.137. The van der Waals surface area contributed by atoms with Gasteiger partial charge in [0.25, 0.3) is 0 Å². The third-order valence-electron chi connectivity index (χ3n) is 5.20. The molecule has 0 fully saturated rings. The zero-order valence-corrected chi connectivity index (χ0v) is 14.7. The summed E-state index contributed by atoms with van der Waals surface area (Å²) in [6.45, 7) is 0. The predicted molar refractivity (Wildman–Crippen MR) is 98.0 cm³/mol. The van der Waals surface area contributed by atoms with Crippen molar-refractivity contribution in [3.8, 4) is 0 Å². The molecule has 1 aliphatic carbocycles. The van der Waals surface area contributed by atoms with Gasteiger partial charge in [0.2, 0.25) is 0 Å². The van der Waals surface area contributed by atoms with E-state index in [1.807, 2.05) is 12.1 Å². The third-order valence-corrected chi connectivity index (χ3v) is 5.43. The van der Waals surface area contributed by atoms with E-state index in [9.17, 15) is 13.2 Å². The molecule has 1 N–H and O–H groups in total. The molecule has 4 aromatic rings. The normalized spacial score (nSPS) is 17.0. The average Bonchev–Trinajstić information content (AvgIpc) is 3.07. The Hall–Kier alpha value is -2.60. The molecule has 1 unspecified atom stereocenters. The number of aromatic nitrogens is 3. The van der Waals surface area contributed by atoms with Crippen LogP contribution in [0.15, 0.2) is 42.5 Å². The van der Waals surface area contributed by atoms with Crippen molar-refractivity contribution >= 4 is 33.4 Å². The van der Waals surface area contributed by atoms with Gasteiger partial charge in [0.15, 0.2) is 0 Å². The molecule has 2 aromatic heterocycles. The third kappa shape index (κ3) is 2.67. The minimum absolute atomic E-state index is 0.0562. The number of hydrogen-bond acceptors (Lipinski definition) is 2. The highest BCUT2D eigenvalue weighted by Crippen LogP contribution is 2.38. The summed E-state index contributed by atoms with van der Waals surface area (Å²) in [7, 11) is 0. The molecule has 1 aliphatic rings. The van der Waals surface area contributed by atoms with Gasteiger partial charge in [-0.25, -0.2) is 0 Å². The van der Waals surface area contributed by atoms with E-state index in [1.54, 1.807) is 18.2 Å². The highest BCUT2D eigenvalue weighted by atomic mass is 35.5. The molecule has 0 spiro atoms. The summed E-state index contributed by atoms with van der Waals surface area (Å²) in [4.78, 5) is 4.78. The number of H-pyrrole nitrogens is 1. The predicted octanol–water partition coefficient (Wildman–Crippen LogP) is 5.67. The number of fused-ring (bicyclic) bond motifs is 2. The fraction of sp³-hybridized carbons (Fsp3) is 0.200. The Labute approximate surface area is 157 Å². The average molecular weight is 388 g/mol. The van der Waals surface area contributed by atoms with Gasteiger partial charge in [-0.1, -0.05) is 23.7 Å². The van der Waals surface area contributed by atoms with E-state index in [4.69, 9.17) is 16.6 Å². The number of pyridine rings is 1. The first-order chi connectivity index (χ1) is 12.9. The lowest BCUT2D eigenvalue weighted by Crippen LogP contribution is -2.14. The first-order valence-corrected chi connectivity index (χ1v) is 8.90. The van der Waals surface area contributed by atoms with Gasteiger partial charge in [-0.3, -0.25) is 10.1 Å². The van der Waals surface area contributed by atoms with Crippen LogP contribution in [0.2, 0.25) is 5.02 Å². The van der Waals surface area contributed by atoms with E-state index in [0.29, 0.717) is 17.9 Å². The lowest BCUT2D eigenvalue weighted by atomic mass is 9.83. The van der Waals surface area contributed by atoms with Crippen molar-refractivity contribution < 1.29 is 13.2 Å². The Morgan fingerprint density at radius 3 is 2.56 bits per heavy atom. The van der Waals surface area contributed by atoms with E-state index in [0.717, 1.165) is 50.9 Å². The van der Waals surface area contributed by atoms with Crippen LogP contribution >= 0.6 is 11.6 Å². The summed E-state index contributed by atoms with van der Waals surface area (Å²) in [5.41, 5.74) is 3.78. The lowest BCUT2D eigenvalue weighted by Gasteiger charge is -2.22. The molecular weight excluding hydrogens is 375 g/mol. The van der Waals surface area contributed by atoms with Crippen LogP contribution < -0.4 is 0 Å². The molecule has 2 aromatic carbocycles. The molecule has 0 saturated heterocycles. The number of nitrogens with one attached hydrogen (secondary N) is 1. The molecule has 0 saturated carbocycles. The van der Waals surface area contributed by atoms with Gasteiger partial charge in [0.1, 0.15) is 5.52 Å². The summed E-state index contributed by atoms with van der Waals surface area (Å²) < 4.78 is 38.4. The maximum Gasteiger partial charge on any atom is 0.416 e. The van der Waals surface area contributed by atoms with Crippen LogP contribution in [0.4, 0.5) is 13.2 Å². The Morgan fingerprint density at radius 1 is 1.04 bits per heavy atom. The Kier molecular flexibility index (Phi) is 3.49. The Morgan fingerprint density at radius 2 is 1.81 bits per heavy atom. The van der Waals surface area contributed by atoms with Gasteiger partial charge >= 0.3 is 6.18 Å². The summed E-state index contributed by atoms with van der Waals surface area (Å²) in [6.07, 6.45) is -2.98. The van der Waals surface area contributed by atoms with E-state index in [-0.39, 0.29) is 5.92 Å². The van der Waals surface area contributed by atoms with Gasteiger partial charge in [-0.05, 0) is 54.7 Å². The molecule has 136 valence electrons. The van der Waals surface area contributed by atoms with Crippen molar-refractivity contribution in [2.24, 2.45) is 0 Å². The monoisotopic (exact) mass is 387 g/mol. The number of nitrogens with zero attached hydrogens (tertiary/aromatic N) is 2. The number of halogens is 4. The second kappa shape index (κ2) is 5.70. The number of benzene rings is 2. The summed E-state index contributed by atoms with van der Waals surface area (Å²) >= 11 is 6.12. The number of rotatable bonds is 1. The molecular formula is C20H13ClF3N3. The maximum absolute atomic E-state index is 12.8. The van der Waals surface area contributed by atoms with Crippen molar-refractivity contribution in [2.45, 2.75) is 24.9 Å². The highest BCUT2D eigenvalue weighted by molar-refractivity contribution is 6.31. The SMILES string of the molecule is FC(F)(F)c1ccc(C2Cc3nc4ccc(Cl)cc4c4n[nH]c(c34)C2)cc1. The second-order valence-electron chi connectivity index (χ2n) is 6.87. The largest absolute Gasteiger partial charge is 0.416 e. The summed E-state index contributed by atoms with van der Waals surface area (Å²) in [5.74, 6) is 0.0562. The molecule has 0 bridgehead atoms. The topological polar surface area (TPSA) is 41.6 Å². The molecule has 0 amide bonds. The van der Waals surface area contributed by atoms with Crippen molar-refractivity contribution in [3.05, 3.63) is 70.0 Å². The fourth-order valence-corrected chi connectivity index (χ4v) is 4.08. The molecule has 1 atom stereocenters. The van der Waals surface area contributed by atoms with Crippen LogP contribution in [0.3, 0.4) is 0 Å². The Balaban J connectivity index is 1.58.